The lowest BCUT2D eigenvalue weighted by molar-refractivity contribution is 0.178. The molecule has 0 fully saturated rings. The Labute approximate surface area is 154 Å². The van der Waals surface area contributed by atoms with Crippen molar-refractivity contribution < 1.29 is 4.74 Å². The van der Waals surface area contributed by atoms with E-state index in [1.54, 1.807) is 7.11 Å². The molecule has 22 heavy (non-hydrogen) atoms. The van der Waals surface area contributed by atoms with Crippen molar-refractivity contribution in [2.75, 3.05) is 40.4 Å². The lowest BCUT2D eigenvalue weighted by atomic mass is 10.2. The number of rotatable bonds is 11. The third-order valence-electron chi connectivity index (χ3n) is 3.53. The summed E-state index contributed by atoms with van der Waals surface area (Å²) in [5.74, 6) is 0.897. The summed E-state index contributed by atoms with van der Waals surface area (Å²) in [7, 11) is 3.57. The number of hydrogen-bond donors (Lipinski definition) is 2. The molecule has 0 spiro atoms. The van der Waals surface area contributed by atoms with Gasteiger partial charge in [0.15, 0.2) is 5.96 Å². The molecular formula is C16H37IN4O. The number of hydrogen-bond acceptors (Lipinski definition) is 3. The van der Waals surface area contributed by atoms with Crippen molar-refractivity contribution in [2.45, 2.75) is 59.0 Å². The van der Waals surface area contributed by atoms with E-state index in [1.165, 1.54) is 6.42 Å². The first-order chi connectivity index (χ1) is 10.0. The van der Waals surface area contributed by atoms with Gasteiger partial charge in [0.25, 0.3) is 0 Å². The summed E-state index contributed by atoms with van der Waals surface area (Å²) >= 11 is 0. The topological polar surface area (TPSA) is 48.9 Å². The van der Waals surface area contributed by atoms with E-state index in [1.807, 2.05) is 7.05 Å². The van der Waals surface area contributed by atoms with Gasteiger partial charge >= 0.3 is 0 Å². The third-order valence-corrected chi connectivity index (χ3v) is 3.53. The smallest absolute Gasteiger partial charge is 0.191 e. The molecule has 0 aliphatic rings. The van der Waals surface area contributed by atoms with Crippen molar-refractivity contribution in [3.63, 3.8) is 0 Å². The highest BCUT2D eigenvalue weighted by Crippen LogP contribution is 2.03. The third kappa shape index (κ3) is 12.5. The van der Waals surface area contributed by atoms with Gasteiger partial charge < -0.3 is 15.4 Å². The second-order valence-electron chi connectivity index (χ2n) is 5.90. The maximum absolute atomic E-state index is 5.04. The zero-order valence-electron chi connectivity index (χ0n) is 15.3. The van der Waals surface area contributed by atoms with E-state index < -0.39 is 0 Å². The number of nitrogens with zero attached hydrogens (tertiary/aromatic N) is 2. The van der Waals surface area contributed by atoms with Crippen molar-refractivity contribution in [1.82, 2.24) is 15.5 Å². The molecule has 0 aliphatic heterocycles. The van der Waals surface area contributed by atoms with E-state index in [-0.39, 0.29) is 24.0 Å². The molecule has 0 aromatic heterocycles. The zero-order chi connectivity index (χ0) is 16.1. The molecule has 0 unspecified atom stereocenters. The number of aliphatic imine (C=N–C) groups is 1. The van der Waals surface area contributed by atoms with Crippen LogP contribution in [-0.2, 0) is 4.74 Å². The molecule has 6 heteroatoms. The van der Waals surface area contributed by atoms with Crippen LogP contribution in [0, 0.1) is 0 Å². The Hall–Kier alpha value is -0.0800. The van der Waals surface area contributed by atoms with Gasteiger partial charge in [-0.05, 0) is 47.0 Å². The average Bonchev–Trinajstić information content (AvgIpc) is 2.43. The van der Waals surface area contributed by atoms with E-state index in [4.69, 9.17) is 4.74 Å². The van der Waals surface area contributed by atoms with Crippen LogP contribution in [0.5, 0.6) is 0 Å². The van der Waals surface area contributed by atoms with E-state index in [2.05, 4.69) is 48.2 Å². The minimum Gasteiger partial charge on any atom is -0.385 e. The molecule has 0 rings (SSSR count). The molecule has 2 N–H and O–H groups in total. The fraction of sp³-hybridized carbons (Fsp3) is 0.938. The van der Waals surface area contributed by atoms with Gasteiger partial charge in [-0.25, -0.2) is 0 Å². The summed E-state index contributed by atoms with van der Waals surface area (Å²) in [6.45, 7) is 12.7. The Balaban J connectivity index is 0. The number of nitrogens with one attached hydrogen (secondary N) is 2. The van der Waals surface area contributed by atoms with Gasteiger partial charge in [-0.3, -0.25) is 9.89 Å². The van der Waals surface area contributed by atoms with Crippen LogP contribution in [-0.4, -0.2) is 63.3 Å². The first kappa shape index (κ1) is 24.2. The van der Waals surface area contributed by atoms with E-state index in [0.717, 1.165) is 45.0 Å². The summed E-state index contributed by atoms with van der Waals surface area (Å²) in [6.07, 6.45) is 3.46. The Kier molecular flexibility index (Phi) is 17.4. The van der Waals surface area contributed by atoms with Gasteiger partial charge in [0.05, 0.1) is 0 Å². The molecule has 0 aromatic carbocycles. The lowest BCUT2D eigenvalue weighted by Crippen LogP contribution is -2.45. The highest BCUT2D eigenvalue weighted by atomic mass is 127. The Morgan fingerprint density at radius 1 is 1.00 bits per heavy atom. The molecule has 134 valence electrons. The Bertz CT molecular complexity index is 265. The van der Waals surface area contributed by atoms with Crippen molar-refractivity contribution in [3.05, 3.63) is 0 Å². The van der Waals surface area contributed by atoms with Crippen LogP contribution in [0.3, 0.4) is 0 Å². The number of guanidine groups is 1. The lowest BCUT2D eigenvalue weighted by Gasteiger charge is -2.30. The maximum Gasteiger partial charge on any atom is 0.191 e. The van der Waals surface area contributed by atoms with E-state index in [0.29, 0.717) is 12.1 Å². The van der Waals surface area contributed by atoms with Crippen LogP contribution in [0.15, 0.2) is 4.99 Å². The van der Waals surface area contributed by atoms with E-state index >= 15 is 0 Å². The maximum atomic E-state index is 5.04. The average molecular weight is 428 g/mol. The van der Waals surface area contributed by atoms with Crippen molar-refractivity contribution in [1.29, 1.82) is 0 Å². The molecular weight excluding hydrogens is 391 g/mol. The van der Waals surface area contributed by atoms with Crippen LogP contribution in [0.25, 0.3) is 0 Å². The van der Waals surface area contributed by atoms with Gasteiger partial charge in [-0.2, -0.15) is 0 Å². The second-order valence-corrected chi connectivity index (χ2v) is 5.90. The summed E-state index contributed by atoms with van der Waals surface area (Å²) < 4.78 is 5.04. The molecule has 0 aromatic rings. The van der Waals surface area contributed by atoms with E-state index in [9.17, 15) is 0 Å². The number of ether oxygens (including phenoxy) is 1. The van der Waals surface area contributed by atoms with Gasteiger partial charge in [0.1, 0.15) is 0 Å². The van der Waals surface area contributed by atoms with Gasteiger partial charge in [0.2, 0.25) is 0 Å². The standard InChI is InChI=1S/C16H36N4O.HI/c1-14(2)20(15(3)4)12-11-19-16(17-5)18-10-8-7-9-13-21-6;/h14-15H,7-13H2,1-6H3,(H2,17,18,19);1H. The van der Waals surface area contributed by atoms with Gasteiger partial charge in [-0.1, -0.05) is 0 Å². The summed E-state index contributed by atoms with van der Waals surface area (Å²) in [4.78, 5) is 6.74. The van der Waals surface area contributed by atoms with Crippen molar-refractivity contribution in [2.24, 2.45) is 4.99 Å². The fourth-order valence-electron chi connectivity index (χ4n) is 2.39. The van der Waals surface area contributed by atoms with Crippen molar-refractivity contribution >= 4 is 29.9 Å². The van der Waals surface area contributed by atoms with Crippen LogP contribution in [0.2, 0.25) is 0 Å². The first-order valence-electron chi connectivity index (χ1n) is 8.22. The molecule has 0 saturated carbocycles. The molecule has 0 amide bonds. The molecule has 0 radical (unpaired) electrons. The predicted octanol–water partition coefficient (Wildman–Crippen LogP) is 2.70. The molecule has 0 heterocycles. The number of halogens is 1. The van der Waals surface area contributed by atoms with Crippen LogP contribution < -0.4 is 10.6 Å². The normalized spacial score (nSPS) is 12.0. The van der Waals surface area contributed by atoms with Crippen LogP contribution in [0.1, 0.15) is 47.0 Å². The number of unbranched alkanes of at least 4 members (excludes halogenated alkanes) is 2. The Morgan fingerprint density at radius 3 is 2.09 bits per heavy atom. The molecule has 0 atom stereocenters. The minimum absolute atomic E-state index is 0. The predicted molar refractivity (Wildman–Crippen MR) is 107 cm³/mol. The number of methoxy groups -OCH3 is 1. The highest BCUT2D eigenvalue weighted by Gasteiger charge is 2.12. The molecule has 0 saturated heterocycles. The summed E-state index contributed by atoms with van der Waals surface area (Å²) in [6, 6.07) is 1.14. The molecule has 5 nitrogen and oxygen atoms in total. The Morgan fingerprint density at radius 2 is 1.59 bits per heavy atom. The summed E-state index contributed by atoms with van der Waals surface area (Å²) in [5, 5.41) is 6.74. The van der Waals surface area contributed by atoms with Gasteiger partial charge in [0, 0.05) is 52.5 Å². The van der Waals surface area contributed by atoms with Crippen LogP contribution in [0.4, 0.5) is 0 Å². The second kappa shape index (κ2) is 15.8. The SMILES string of the molecule is CN=C(NCCCCCOC)NCCN(C(C)C)C(C)C.I. The summed E-state index contributed by atoms with van der Waals surface area (Å²) in [5.41, 5.74) is 0. The monoisotopic (exact) mass is 428 g/mol. The molecule has 0 bridgehead atoms. The van der Waals surface area contributed by atoms with Gasteiger partial charge in [-0.15, -0.1) is 24.0 Å². The quantitative estimate of drug-likeness (QED) is 0.230. The fourth-order valence-corrected chi connectivity index (χ4v) is 2.39. The first-order valence-corrected chi connectivity index (χ1v) is 8.22. The largest absolute Gasteiger partial charge is 0.385 e. The minimum atomic E-state index is 0. The highest BCUT2D eigenvalue weighted by molar-refractivity contribution is 14.0. The van der Waals surface area contributed by atoms with Crippen LogP contribution >= 0.6 is 24.0 Å². The molecule has 0 aliphatic carbocycles. The van der Waals surface area contributed by atoms with Crippen molar-refractivity contribution in [3.8, 4) is 0 Å². The zero-order valence-corrected chi connectivity index (χ0v) is 17.6.